The van der Waals surface area contributed by atoms with E-state index in [-0.39, 0.29) is 11.9 Å². The Hall–Kier alpha value is -0.970. The Kier molecular flexibility index (Phi) is 3.47. The van der Waals surface area contributed by atoms with Gasteiger partial charge in [-0.25, -0.2) is 0 Å². The van der Waals surface area contributed by atoms with Gasteiger partial charge < -0.3 is 4.90 Å². The van der Waals surface area contributed by atoms with Gasteiger partial charge in [-0.15, -0.1) is 0 Å². The smallest absolute Gasteiger partial charge is 0.223 e. The predicted octanol–water partition coefficient (Wildman–Crippen LogP) is 1.57. The van der Waals surface area contributed by atoms with Gasteiger partial charge in [-0.05, 0) is 25.5 Å². The van der Waals surface area contributed by atoms with Crippen molar-refractivity contribution in [1.29, 1.82) is 0 Å². The lowest BCUT2D eigenvalue weighted by molar-refractivity contribution is -0.129. The topological polar surface area (TPSA) is 38.1 Å². The van der Waals surface area contributed by atoms with Crippen LogP contribution in [-0.4, -0.2) is 32.9 Å². The molecule has 1 aromatic heterocycles. The molecule has 2 heterocycles. The van der Waals surface area contributed by atoms with Crippen LogP contribution in [0, 0.1) is 12.8 Å². The van der Waals surface area contributed by atoms with E-state index in [9.17, 15) is 4.79 Å². The van der Waals surface area contributed by atoms with Gasteiger partial charge in [-0.2, -0.15) is 17.7 Å². The Labute approximate surface area is 107 Å². The third kappa shape index (κ3) is 2.20. The highest BCUT2D eigenvalue weighted by atomic mass is 32.1. The number of carbonyl (C=O) groups excluding carboxylic acids is 1. The molecule has 0 saturated carbocycles. The molecule has 1 aliphatic rings. The lowest BCUT2D eigenvalue weighted by Gasteiger charge is -2.24. The van der Waals surface area contributed by atoms with Crippen LogP contribution in [0.25, 0.3) is 0 Å². The maximum Gasteiger partial charge on any atom is 0.223 e. The van der Waals surface area contributed by atoms with Crippen molar-refractivity contribution < 1.29 is 4.79 Å². The van der Waals surface area contributed by atoms with Crippen molar-refractivity contribution in [3.8, 4) is 0 Å². The Morgan fingerprint density at radius 2 is 2.35 bits per heavy atom. The minimum absolute atomic E-state index is 0.112. The van der Waals surface area contributed by atoms with E-state index >= 15 is 0 Å². The van der Waals surface area contributed by atoms with E-state index in [0.717, 1.165) is 23.6 Å². The minimum atomic E-state index is 0.112. The molecule has 0 aliphatic carbocycles. The molecule has 2 unspecified atom stereocenters. The van der Waals surface area contributed by atoms with Gasteiger partial charge in [0, 0.05) is 31.3 Å². The molecule has 5 heteroatoms. The van der Waals surface area contributed by atoms with Crippen LogP contribution in [0.2, 0.25) is 0 Å². The van der Waals surface area contributed by atoms with Crippen molar-refractivity contribution in [2.45, 2.75) is 26.3 Å². The monoisotopic (exact) mass is 253 g/mol. The Morgan fingerprint density at radius 1 is 1.65 bits per heavy atom. The van der Waals surface area contributed by atoms with E-state index in [1.54, 1.807) is 0 Å². The van der Waals surface area contributed by atoms with Gasteiger partial charge in [0.1, 0.15) is 0 Å². The van der Waals surface area contributed by atoms with Crippen LogP contribution in [0.1, 0.15) is 30.6 Å². The number of aryl methyl sites for hydroxylation is 1. The van der Waals surface area contributed by atoms with E-state index in [4.69, 9.17) is 0 Å². The normalized spacial score (nSPS) is 22.2. The average molecular weight is 253 g/mol. The Morgan fingerprint density at radius 3 is 2.82 bits per heavy atom. The summed E-state index contributed by atoms with van der Waals surface area (Å²) in [6.07, 6.45) is 2.49. The van der Waals surface area contributed by atoms with Crippen molar-refractivity contribution in [2.75, 3.05) is 12.3 Å². The molecule has 2 rings (SSSR count). The molecule has 0 N–H and O–H groups in total. The van der Waals surface area contributed by atoms with Gasteiger partial charge in [-0.3, -0.25) is 9.48 Å². The van der Waals surface area contributed by atoms with Gasteiger partial charge in [0.2, 0.25) is 5.91 Å². The fourth-order valence-corrected chi connectivity index (χ4v) is 2.64. The maximum absolute atomic E-state index is 11.9. The molecule has 0 aromatic carbocycles. The Balaban J connectivity index is 2.18. The number of hydrogen-bond acceptors (Lipinski definition) is 3. The summed E-state index contributed by atoms with van der Waals surface area (Å²) in [6.45, 7) is 4.93. The first-order valence-corrected chi connectivity index (χ1v) is 6.56. The van der Waals surface area contributed by atoms with E-state index in [2.05, 4.69) is 24.7 Å². The average Bonchev–Trinajstić information content (AvgIpc) is 2.83. The van der Waals surface area contributed by atoms with Crippen molar-refractivity contribution in [3.63, 3.8) is 0 Å². The third-order valence-corrected chi connectivity index (χ3v) is 4.20. The second-order valence-corrected chi connectivity index (χ2v) is 5.15. The second-order valence-electron chi connectivity index (χ2n) is 4.78. The van der Waals surface area contributed by atoms with Crippen molar-refractivity contribution in [1.82, 2.24) is 14.7 Å². The highest BCUT2D eigenvalue weighted by Gasteiger charge is 2.33. The lowest BCUT2D eigenvalue weighted by atomic mass is 10.1. The number of nitrogens with zero attached hydrogens (tertiary/aromatic N) is 3. The van der Waals surface area contributed by atoms with Crippen molar-refractivity contribution in [3.05, 3.63) is 17.5 Å². The fourth-order valence-electron chi connectivity index (χ4n) is 2.40. The molecular weight excluding hydrogens is 234 g/mol. The summed E-state index contributed by atoms with van der Waals surface area (Å²) in [4.78, 5) is 13.9. The predicted molar refractivity (Wildman–Crippen MR) is 70.0 cm³/mol. The van der Waals surface area contributed by atoms with Crippen molar-refractivity contribution >= 4 is 18.5 Å². The summed E-state index contributed by atoms with van der Waals surface area (Å²) in [7, 11) is 1.92. The maximum atomic E-state index is 11.9. The summed E-state index contributed by atoms with van der Waals surface area (Å²) in [6, 6.07) is 0.112. The van der Waals surface area contributed by atoms with Crippen molar-refractivity contribution in [2.24, 2.45) is 13.0 Å². The minimum Gasteiger partial charge on any atom is -0.335 e. The molecule has 2 atom stereocenters. The van der Waals surface area contributed by atoms with Crippen LogP contribution in [0.4, 0.5) is 0 Å². The van der Waals surface area contributed by atoms with Gasteiger partial charge in [0.15, 0.2) is 0 Å². The van der Waals surface area contributed by atoms with Crippen LogP contribution < -0.4 is 0 Å². The molecule has 0 radical (unpaired) electrons. The quantitative estimate of drug-likeness (QED) is 0.830. The van der Waals surface area contributed by atoms with E-state index in [1.165, 1.54) is 0 Å². The molecule has 17 heavy (non-hydrogen) atoms. The first-order valence-electron chi connectivity index (χ1n) is 5.93. The van der Waals surface area contributed by atoms with E-state index < -0.39 is 0 Å². The highest BCUT2D eigenvalue weighted by Crippen LogP contribution is 2.30. The zero-order chi connectivity index (χ0) is 12.6. The van der Waals surface area contributed by atoms with Crippen LogP contribution in [-0.2, 0) is 11.8 Å². The molecule has 4 nitrogen and oxygen atoms in total. The summed E-state index contributed by atoms with van der Waals surface area (Å²) in [5.74, 6) is 1.41. The molecule has 94 valence electrons. The first kappa shape index (κ1) is 12.5. The standard InChI is InChI=1S/C12H19N3OS/c1-8-11(5-13-14(8)3)9(2)15-6-10(7-17)4-12(15)16/h5,9-10,17H,4,6-7H2,1-3H3. The summed E-state index contributed by atoms with van der Waals surface area (Å²) in [5.41, 5.74) is 2.26. The number of aromatic nitrogens is 2. The molecule has 1 aliphatic heterocycles. The fraction of sp³-hybridized carbons (Fsp3) is 0.667. The number of likely N-dealkylation sites (tertiary alicyclic amines) is 1. The van der Waals surface area contributed by atoms with E-state index in [1.807, 2.05) is 29.7 Å². The van der Waals surface area contributed by atoms with Gasteiger partial charge >= 0.3 is 0 Å². The molecule has 1 saturated heterocycles. The molecule has 0 bridgehead atoms. The molecule has 0 spiro atoms. The number of thiol groups is 1. The molecule has 1 fully saturated rings. The van der Waals surface area contributed by atoms with Gasteiger partial charge in [0.25, 0.3) is 0 Å². The first-order chi connectivity index (χ1) is 8.04. The van der Waals surface area contributed by atoms with Gasteiger partial charge in [0.05, 0.1) is 12.2 Å². The number of rotatable bonds is 3. The molecular formula is C12H19N3OS. The summed E-state index contributed by atoms with van der Waals surface area (Å²) in [5, 5.41) is 4.24. The second kappa shape index (κ2) is 4.72. The highest BCUT2D eigenvalue weighted by molar-refractivity contribution is 7.80. The van der Waals surface area contributed by atoms with E-state index in [0.29, 0.717) is 12.3 Å². The van der Waals surface area contributed by atoms with Crippen LogP contribution in [0.3, 0.4) is 0 Å². The number of hydrogen-bond donors (Lipinski definition) is 1. The Bertz CT molecular complexity index is 429. The number of carbonyl (C=O) groups is 1. The third-order valence-electron chi connectivity index (χ3n) is 3.69. The van der Waals surface area contributed by atoms with Gasteiger partial charge in [-0.1, -0.05) is 0 Å². The SMILES string of the molecule is Cc1c(C(C)N2CC(CS)CC2=O)cnn1C. The lowest BCUT2D eigenvalue weighted by Crippen LogP contribution is -2.29. The summed E-state index contributed by atoms with van der Waals surface area (Å²) >= 11 is 4.28. The molecule has 1 aromatic rings. The van der Waals surface area contributed by atoms with Crippen LogP contribution in [0.5, 0.6) is 0 Å². The number of amides is 1. The van der Waals surface area contributed by atoms with Crippen LogP contribution in [0.15, 0.2) is 6.20 Å². The zero-order valence-electron chi connectivity index (χ0n) is 10.6. The molecule has 1 amide bonds. The van der Waals surface area contributed by atoms with Crippen LogP contribution >= 0.6 is 12.6 Å². The zero-order valence-corrected chi connectivity index (χ0v) is 11.4. The largest absolute Gasteiger partial charge is 0.335 e. The summed E-state index contributed by atoms with van der Waals surface area (Å²) < 4.78 is 1.85.